The third kappa shape index (κ3) is 5.42. The number of benzene rings is 1. The second-order valence-electron chi connectivity index (χ2n) is 6.61. The Labute approximate surface area is 169 Å². The van der Waals surface area contributed by atoms with Crippen LogP contribution in [-0.2, 0) is 0 Å². The van der Waals surface area contributed by atoms with E-state index in [9.17, 15) is 13.6 Å². The first-order chi connectivity index (χ1) is 13.1. The standard InChI is InChI=1S/C19H24F2N4O2.ClH/c1-2-22-11-13-6-8-25(9-7-13)18(26)16-12-23-24-17(16)14-4-3-5-15(10-14)27-19(20)21;/h3-5,10,12-13,19,22H,2,6-9,11H2,1H3,(H,23,24);1H. The van der Waals surface area contributed by atoms with E-state index in [0.29, 0.717) is 35.8 Å². The van der Waals surface area contributed by atoms with Gasteiger partial charge in [0.2, 0.25) is 0 Å². The van der Waals surface area contributed by atoms with Crippen molar-refractivity contribution >= 4 is 18.3 Å². The summed E-state index contributed by atoms with van der Waals surface area (Å²) < 4.78 is 29.3. The number of amides is 1. The average Bonchev–Trinajstić information content (AvgIpc) is 3.16. The lowest BCUT2D eigenvalue weighted by atomic mass is 9.96. The largest absolute Gasteiger partial charge is 0.435 e. The molecule has 154 valence electrons. The molecule has 1 aliphatic rings. The molecule has 1 amide bonds. The van der Waals surface area contributed by atoms with E-state index in [1.165, 1.54) is 18.3 Å². The molecule has 3 rings (SSSR count). The zero-order valence-electron chi connectivity index (χ0n) is 15.7. The van der Waals surface area contributed by atoms with Gasteiger partial charge in [0.25, 0.3) is 5.91 Å². The van der Waals surface area contributed by atoms with Crippen LogP contribution in [0.4, 0.5) is 8.78 Å². The molecular formula is C19H25ClF2N4O2. The van der Waals surface area contributed by atoms with Gasteiger partial charge in [0.1, 0.15) is 5.75 Å². The first kappa shape index (κ1) is 22.1. The molecule has 0 saturated carbocycles. The number of hydrogen-bond acceptors (Lipinski definition) is 4. The maximum atomic E-state index is 12.9. The molecule has 2 aromatic rings. The summed E-state index contributed by atoms with van der Waals surface area (Å²) in [4.78, 5) is 14.8. The number of aromatic amines is 1. The minimum Gasteiger partial charge on any atom is -0.435 e. The van der Waals surface area contributed by atoms with Crippen molar-refractivity contribution in [1.82, 2.24) is 20.4 Å². The van der Waals surface area contributed by atoms with Gasteiger partial charge in [-0.05, 0) is 44.0 Å². The van der Waals surface area contributed by atoms with Gasteiger partial charge in [-0.1, -0.05) is 19.1 Å². The van der Waals surface area contributed by atoms with Crippen molar-refractivity contribution in [2.75, 3.05) is 26.2 Å². The van der Waals surface area contributed by atoms with Crippen LogP contribution in [0.2, 0.25) is 0 Å². The number of hydrogen-bond donors (Lipinski definition) is 2. The molecule has 6 nitrogen and oxygen atoms in total. The van der Waals surface area contributed by atoms with Gasteiger partial charge in [0, 0.05) is 18.7 Å². The molecular weight excluding hydrogens is 390 g/mol. The van der Waals surface area contributed by atoms with Crippen LogP contribution < -0.4 is 10.1 Å². The highest BCUT2D eigenvalue weighted by Gasteiger charge is 2.26. The van der Waals surface area contributed by atoms with E-state index in [0.717, 1.165) is 25.9 Å². The van der Waals surface area contributed by atoms with E-state index in [2.05, 4.69) is 27.2 Å². The Morgan fingerprint density at radius 2 is 2.14 bits per heavy atom. The number of ether oxygens (including phenoxy) is 1. The molecule has 0 bridgehead atoms. The first-order valence-electron chi connectivity index (χ1n) is 9.17. The maximum absolute atomic E-state index is 12.9. The number of aromatic nitrogens is 2. The summed E-state index contributed by atoms with van der Waals surface area (Å²) in [5.41, 5.74) is 1.53. The van der Waals surface area contributed by atoms with Crippen molar-refractivity contribution in [3.8, 4) is 17.0 Å². The maximum Gasteiger partial charge on any atom is 0.387 e. The summed E-state index contributed by atoms with van der Waals surface area (Å²) in [5, 5.41) is 10.2. The molecule has 2 heterocycles. The number of H-pyrrole nitrogens is 1. The van der Waals surface area contributed by atoms with Crippen molar-refractivity contribution in [3.05, 3.63) is 36.0 Å². The Morgan fingerprint density at radius 3 is 2.82 bits per heavy atom. The zero-order chi connectivity index (χ0) is 19.2. The van der Waals surface area contributed by atoms with E-state index in [-0.39, 0.29) is 24.1 Å². The zero-order valence-corrected chi connectivity index (χ0v) is 16.5. The van der Waals surface area contributed by atoms with Crippen molar-refractivity contribution < 1.29 is 18.3 Å². The minimum atomic E-state index is -2.90. The van der Waals surface area contributed by atoms with E-state index >= 15 is 0 Å². The van der Waals surface area contributed by atoms with Gasteiger partial charge in [-0.2, -0.15) is 13.9 Å². The number of nitrogens with one attached hydrogen (secondary N) is 2. The lowest BCUT2D eigenvalue weighted by Crippen LogP contribution is -2.40. The number of likely N-dealkylation sites (tertiary alicyclic amines) is 1. The van der Waals surface area contributed by atoms with Crippen LogP contribution >= 0.6 is 12.4 Å². The van der Waals surface area contributed by atoms with Gasteiger partial charge >= 0.3 is 6.61 Å². The second kappa shape index (κ2) is 10.4. The average molecular weight is 415 g/mol. The summed E-state index contributed by atoms with van der Waals surface area (Å²) in [6, 6.07) is 6.25. The van der Waals surface area contributed by atoms with Crippen molar-refractivity contribution in [2.24, 2.45) is 5.92 Å². The molecule has 1 aliphatic heterocycles. The number of carbonyl (C=O) groups is 1. The Hall–Kier alpha value is -2.19. The molecule has 0 aliphatic carbocycles. The van der Waals surface area contributed by atoms with Crippen LogP contribution in [-0.4, -0.2) is 53.8 Å². The van der Waals surface area contributed by atoms with Gasteiger partial charge in [0.15, 0.2) is 0 Å². The number of halogens is 3. The predicted molar refractivity (Wildman–Crippen MR) is 105 cm³/mol. The number of alkyl halides is 2. The fourth-order valence-electron chi connectivity index (χ4n) is 3.36. The molecule has 28 heavy (non-hydrogen) atoms. The Kier molecular flexibility index (Phi) is 8.19. The van der Waals surface area contributed by atoms with E-state index < -0.39 is 6.61 Å². The van der Waals surface area contributed by atoms with Crippen molar-refractivity contribution in [2.45, 2.75) is 26.4 Å². The third-order valence-corrected chi connectivity index (χ3v) is 4.80. The molecule has 2 N–H and O–H groups in total. The minimum absolute atomic E-state index is 0. The van der Waals surface area contributed by atoms with Crippen LogP contribution in [0.1, 0.15) is 30.1 Å². The topological polar surface area (TPSA) is 70.2 Å². The molecule has 0 radical (unpaired) electrons. The van der Waals surface area contributed by atoms with Crippen LogP contribution in [0, 0.1) is 5.92 Å². The Morgan fingerprint density at radius 1 is 1.39 bits per heavy atom. The molecule has 0 atom stereocenters. The number of carbonyl (C=O) groups excluding carboxylic acids is 1. The molecule has 0 spiro atoms. The number of rotatable bonds is 7. The molecule has 9 heteroatoms. The SMILES string of the molecule is CCNCC1CCN(C(=O)c2cn[nH]c2-c2cccc(OC(F)F)c2)CC1.Cl. The van der Waals surface area contributed by atoms with Gasteiger partial charge in [-0.15, -0.1) is 12.4 Å². The molecule has 0 unspecified atom stereocenters. The van der Waals surface area contributed by atoms with Crippen LogP contribution in [0.25, 0.3) is 11.3 Å². The molecule has 1 aromatic heterocycles. The summed E-state index contributed by atoms with van der Waals surface area (Å²) in [7, 11) is 0. The summed E-state index contributed by atoms with van der Waals surface area (Å²) in [6.45, 7) is 2.52. The fourth-order valence-corrected chi connectivity index (χ4v) is 3.36. The van der Waals surface area contributed by atoms with E-state index in [1.807, 2.05) is 4.90 Å². The second-order valence-corrected chi connectivity index (χ2v) is 6.61. The highest BCUT2D eigenvalue weighted by Crippen LogP contribution is 2.28. The number of nitrogens with zero attached hydrogens (tertiary/aromatic N) is 2. The van der Waals surface area contributed by atoms with Crippen molar-refractivity contribution in [3.63, 3.8) is 0 Å². The van der Waals surface area contributed by atoms with Gasteiger partial charge in [-0.25, -0.2) is 0 Å². The van der Waals surface area contributed by atoms with Crippen LogP contribution in [0.15, 0.2) is 30.5 Å². The lowest BCUT2D eigenvalue weighted by Gasteiger charge is -2.32. The van der Waals surface area contributed by atoms with E-state index in [1.54, 1.807) is 12.1 Å². The predicted octanol–water partition coefficient (Wildman–Crippen LogP) is 3.56. The third-order valence-electron chi connectivity index (χ3n) is 4.80. The van der Waals surface area contributed by atoms with E-state index in [4.69, 9.17) is 0 Å². The van der Waals surface area contributed by atoms with Gasteiger partial charge in [-0.3, -0.25) is 9.89 Å². The number of piperidine rings is 1. The van der Waals surface area contributed by atoms with Crippen molar-refractivity contribution in [1.29, 1.82) is 0 Å². The van der Waals surface area contributed by atoms with Crippen LogP contribution in [0.3, 0.4) is 0 Å². The van der Waals surface area contributed by atoms with Gasteiger partial charge < -0.3 is 15.0 Å². The quantitative estimate of drug-likeness (QED) is 0.726. The normalized spacial score (nSPS) is 14.8. The Balaban J connectivity index is 0.00000280. The Bertz CT molecular complexity index is 764. The first-order valence-corrected chi connectivity index (χ1v) is 9.17. The highest BCUT2D eigenvalue weighted by molar-refractivity contribution is 5.99. The summed E-state index contributed by atoms with van der Waals surface area (Å²) >= 11 is 0. The lowest BCUT2D eigenvalue weighted by molar-refractivity contribution is -0.0498. The highest BCUT2D eigenvalue weighted by atomic mass is 35.5. The molecule has 1 fully saturated rings. The summed E-state index contributed by atoms with van der Waals surface area (Å²) in [5.74, 6) is 0.529. The monoisotopic (exact) mass is 414 g/mol. The summed E-state index contributed by atoms with van der Waals surface area (Å²) in [6.07, 6.45) is 3.41. The van der Waals surface area contributed by atoms with Crippen LogP contribution in [0.5, 0.6) is 5.75 Å². The molecule has 1 aromatic carbocycles. The smallest absolute Gasteiger partial charge is 0.387 e. The van der Waals surface area contributed by atoms with Gasteiger partial charge in [0.05, 0.1) is 17.5 Å². The molecule has 1 saturated heterocycles. The fraction of sp³-hybridized carbons (Fsp3) is 0.474.